The highest BCUT2D eigenvalue weighted by Crippen LogP contribution is 2.08. The average molecular weight is 280 g/mol. The van der Waals surface area contributed by atoms with E-state index in [0.717, 1.165) is 44.7 Å². The fourth-order valence-corrected chi connectivity index (χ4v) is 2.42. The van der Waals surface area contributed by atoms with Crippen LogP contribution in [0.3, 0.4) is 0 Å². The van der Waals surface area contributed by atoms with Crippen LogP contribution in [0.2, 0.25) is 0 Å². The van der Waals surface area contributed by atoms with Crippen molar-refractivity contribution in [2.45, 2.75) is 52.0 Å². The summed E-state index contributed by atoms with van der Waals surface area (Å²) < 4.78 is 5.17. The molecule has 0 bridgehead atoms. The maximum absolute atomic E-state index is 12.1. The third-order valence-electron chi connectivity index (χ3n) is 3.49. The molecule has 0 spiro atoms. The van der Waals surface area contributed by atoms with E-state index >= 15 is 0 Å². The first-order chi connectivity index (χ1) is 9.69. The van der Waals surface area contributed by atoms with E-state index in [0.29, 0.717) is 24.8 Å². The van der Waals surface area contributed by atoms with Gasteiger partial charge in [-0.1, -0.05) is 12.1 Å². The van der Waals surface area contributed by atoms with Crippen molar-refractivity contribution in [2.24, 2.45) is 0 Å². The largest absolute Gasteiger partial charge is 0.340 e. The molecule has 1 fully saturated rings. The summed E-state index contributed by atoms with van der Waals surface area (Å²) in [6, 6.07) is 0.389. The van der Waals surface area contributed by atoms with Crippen molar-refractivity contribution in [2.75, 3.05) is 19.6 Å². The van der Waals surface area contributed by atoms with E-state index in [9.17, 15) is 4.79 Å². The van der Waals surface area contributed by atoms with Gasteiger partial charge in [0.05, 0.1) is 0 Å². The number of piperazine rings is 1. The van der Waals surface area contributed by atoms with Crippen molar-refractivity contribution in [3.8, 4) is 0 Å². The first-order valence-electron chi connectivity index (χ1n) is 7.51. The molecule has 0 aliphatic carbocycles. The number of carbonyl (C=O) groups is 1. The number of amides is 1. The van der Waals surface area contributed by atoms with Gasteiger partial charge in [-0.3, -0.25) is 4.79 Å². The Bertz CT molecular complexity index is 433. The van der Waals surface area contributed by atoms with Gasteiger partial charge in [-0.15, -0.1) is 0 Å². The molecular formula is C14H24N4O2. The second-order valence-corrected chi connectivity index (χ2v) is 5.40. The van der Waals surface area contributed by atoms with Crippen LogP contribution >= 0.6 is 0 Å². The Balaban J connectivity index is 1.70. The van der Waals surface area contributed by atoms with Crippen molar-refractivity contribution >= 4 is 5.91 Å². The normalized spacial score (nSPS) is 19.3. The zero-order chi connectivity index (χ0) is 14.4. The van der Waals surface area contributed by atoms with Gasteiger partial charge < -0.3 is 14.7 Å². The lowest BCUT2D eigenvalue weighted by molar-refractivity contribution is -0.132. The quantitative estimate of drug-likeness (QED) is 0.847. The molecule has 1 aromatic rings. The van der Waals surface area contributed by atoms with Gasteiger partial charge in [-0.2, -0.15) is 4.98 Å². The van der Waals surface area contributed by atoms with Gasteiger partial charge in [-0.05, 0) is 19.8 Å². The monoisotopic (exact) mass is 280 g/mol. The number of aryl methyl sites for hydroxylation is 2. The van der Waals surface area contributed by atoms with Crippen molar-refractivity contribution in [1.29, 1.82) is 0 Å². The molecule has 20 heavy (non-hydrogen) atoms. The Morgan fingerprint density at radius 3 is 3.10 bits per heavy atom. The molecule has 2 rings (SSSR count). The minimum absolute atomic E-state index is 0.228. The van der Waals surface area contributed by atoms with Crippen molar-refractivity contribution in [1.82, 2.24) is 20.4 Å². The fourth-order valence-electron chi connectivity index (χ4n) is 2.42. The van der Waals surface area contributed by atoms with Gasteiger partial charge in [0.1, 0.15) is 0 Å². The number of carbonyl (C=O) groups excluding carboxylic acids is 1. The van der Waals surface area contributed by atoms with Crippen LogP contribution < -0.4 is 5.32 Å². The molecule has 2 heterocycles. The summed E-state index contributed by atoms with van der Waals surface area (Å²) in [4.78, 5) is 18.3. The number of hydrogen-bond donors (Lipinski definition) is 1. The summed E-state index contributed by atoms with van der Waals surface area (Å²) in [7, 11) is 0. The minimum Gasteiger partial charge on any atom is -0.340 e. The highest BCUT2D eigenvalue weighted by molar-refractivity contribution is 5.76. The first kappa shape index (κ1) is 15.0. The molecular weight excluding hydrogens is 256 g/mol. The van der Waals surface area contributed by atoms with Crippen LogP contribution in [-0.2, 0) is 17.6 Å². The zero-order valence-electron chi connectivity index (χ0n) is 12.4. The molecule has 6 nitrogen and oxygen atoms in total. The summed E-state index contributed by atoms with van der Waals surface area (Å²) in [5.41, 5.74) is 0. The molecule has 1 atom stereocenters. The number of rotatable bonds is 6. The van der Waals surface area contributed by atoms with Crippen LogP contribution in [0.25, 0.3) is 0 Å². The van der Waals surface area contributed by atoms with Gasteiger partial charge in [0.2, 0.25) is 11.8 Å². The van der Waals surface area contributed by atoms with Crippen LogP contribution in [0.5, 0.6) is 0 Å². The molecule has 1 unspecified atom stereocenters. The van der Waals surface area contributed by atoms with E-state index < -0.39 is 0 Å². The molecule has 6 heteroatoms. The predicted octanol–water partition coefficient (Wildman–Crippen LogP) is 1.17. The van der Waals surface area contributed by atoms with E-state index in [1.54, 1.807) is 0 Å². The summed E-state index contributed by atoms with van der Waals surface area (Å²) in [5.74, 6) is 1.64. The van der Waals surface area contributed by atoms with Crippen LogP contribution in [-0.4, -0.2) is 46.6 Å². The van der Waals surface area contributed by atoms with E-state index in [1.165, 1.54) is 0 Å². The predicted molar refractivity (Wildman–Crippen MR) is 75.3 cm³/mol. The smallest absolute Gasteiger partial charge is 0.226 e. The second-order valence-electron chi connectivity index (χ2n) is 5.40. The van der Waals surface area contributed by atoms with E-state index in [2.05, 4.69) is 29.3 Å². The van der Waals surface area contributed by atoms with Crippen molar-refractivity contribution in [3.05, 3.63) is 11.7 Å². The van der Waals surface area contributed by atoms with Crippen LogP contribution in [0, 0.1) is 0 Å². The summed E-state index contributed by atoms with van der Waals surface area (Å²) in [6.45, 7) is 6.69. The Hall–Kier alpha value is -1.43. The standard InChI is InChI=1S/C14H24N4O2/c1-3-5-12-16-13(20-17-12)6-4-7-14(19)18-9-8-15-11(2)10-18/h11,15H,3-10H2,1-2H3. The third kappa shape index (κ3) is 4.30. The molecule has 0 saturated carbocycles. The topological polar surface area (TPSA) is 71.3 Å². The van der Waals surface area contributed by atoms with E-state index in [-0.39, 0.29) is 5.91 Å². The number of aromatic nitrogens is 2. The lowest BCUT2D eigenvalue weighted by Crippen LogP contribution is -2.51. The highest BCUT2D eigenvalue weighted by atomic mass is 16.5. The lowest BCUT2D eigenvalue weighted by Gasteiger charge is -2.31. The van der Waals surface area contributed by atoms with Gasteiger partial charge >= 0.3 is 0 Å². The molecule has 1 aromatic heterocycles. The molecule has 0 aromatic carbocycles. The van der Waals surface area contributed by atoms with Crippen LogP contribution in [0.4, 0.5) is 0 Å². The highest BCUT2D eigenvalue weighted by Gasteiger charge is 2.20. The zero-order valence-corrected chi connectivity index (χ0v) is 12.4. The Morgan fingerprint density at radius 2 is 2.35 bits per heavy atom. The molecule has 1 aliphatic rings. The number of hydrogen-bond acceptors (Lipinski definition) is 5. The van der Waals surface area contributed by atoms with Crippen LogP contribution in [0.15, 0.2) is 4.52 Å². The summed E-state index contributed by atoms with van der Waals surface area (Å²) in [5, 5.41) is 7.25. The molecule has 0 radical (unpaired) electrons. The van der Waals surface area contributed by atoms with Crippen molar-refractivity contribution < 1.29 is 9.32 Å². The molecule has 1 N–H and O–H groups in total. The Kier molecular flexibility index (Phi) is 5.52. The first-order valence-corrected chi connectivity index (χ1v) is 7.51. The number of nitrogens with one attached hydrogen (secondary N) is 1. The van der Waals surface area contributed by atoms with Gasteiger partial charge in [0.15, 0.2) is 5.82 Å². The van der Waals surface area contributed by atoms with E-state index in [4.69, 9.17) is 4.52 Å². The SMILES string of the molecule is CCCc1noc(CCCC(=O)N2CCNC(C)C2)n1. The van der Waals surface area contributed by atoms with Gasteiger partial charge in [-0.25, -0.2) is 0 Å². The number of nitrogens with zero attached hydrogens (tertiary/aromatic N) is 3. The minimum atomic E-state index is 0.228. The molecule has 1 saturated heterocycles. The van der Waals surface area contributed by atoms with Crippen molar-refractivity contribution in [3.63, 3.8) is 0 Å². The van der Waals surface area contributed by atoms with Gasteiger partial charge in [0.25, 0.3) is 0 Å². The lowest BCUT2D eigenvalue weighted by atomic mass is 10.2. The average Bonchev–Trinajstić information content (AvgIpc) is 2.87. The maximum Gasteiger partial charge on any atom is 0.226 e. The Morgan fingerprint density at radius 1 is 1.50 bits per heavy atom. The Labute approximate surface area is 119 Å². The van der Waals surface area contributed by atoms with Crippen LogP contribution in [0.1, 0.15) is 44.8 Å². The molecule has 1 amide bonds. The van der Waals surface area contributed by atoms with Gasteiger partial charge in [0, 0.05) is 44.9 Å². The molecule has 1 aliphatic heterocycles. The third-order valence-corrected chi connectivity index (χ3v) is 3.49. The maximum atomic E-state index is 12.1. The summed E-state index contributed by atoms with van der Waals surface area (Å²) in [6.07, 6.45) is 3.87. The second kappa shape index (κ2) is 7.38. The van der Waals surface area contributed by atoms with E-state index in [1.807, 2.05) is 4.90 Å². The fraction of sp³-hybridized carbons (Fsp3) is 0.786. The summed E-state index contributed by atoms with van der Waals surface area (Å²) >= 11 is 0. The molecule has 112 valence electrons.